The molecule has 2 saturated heterocycles. The molecule has 0 radical (unpaired) electrons. The maximum atomic E-state index is 14.7. The predicted molar refractivity (Wildman–Crippen MR) is 177 cm³/mol. The Morgan fingerprint density at radius 2 is 1.69 bits per heavy atom. The lowest BCUT2D eigenvalue weighted by Crippen LogP contribution is -2.58. The van der Waals surface area contributed by atoms with Gasteiger partial charge in [0, 0.05) is 32.7 Å². The van der Waals surface area contributed by atoms with Crippen LogP contribution in [0.4, 0.5) is 4.79 Å². The van der Waals surface area contributed by atoms with Gasteiger partial charge in [0.25, 0.3) is 5.91 Å². The fourth-order valence-electron chi connectivity index (χ4n) is 5.99. The van der Waals surface area contributed by atoms with Crippen LogP contribution in [0.1, 0.15) is 57.2 Å². The molecule has 2 atom stereocenters. The van der Waals surface area contributed by atoms with Gasteiger partial charge in [-0.05, 0) is 69.5 Å². The molecule has 3 heterocycles. The van der Waals surface area contributed by atoms with Crippen molar-refractivity contribution in [1.82, 2.24) is 29.7 Å². The lowest BCUT2D eigenvalue weighted by Gasteiger charge is -2.44. The third-order valence-corrected chi connectivity index (χ3v) is 8.19. The number of carbonyl (C=O) groups excluding carboxylic acids is 3. The van der Waals surface area contributed by atoms with E-state index in [1.165, 1.54) is 12.1 Å². The summed E-state index contributed by atoms with van der Waals surface area (Å²) in [5.74, 6) is -0.294. The molecule has 258 valence electrons. The fourth-order valence-corrected chi connectivity index (χ4v) is 5.99. The van der Waals surface area contributed by atoms with Gasteiger partial charge in [0.15, 0.2) is 5.69 Å². The van der Waals surface area contributed by atoms with Crippen LogP contribution in [-0.2, 0) is 20.9 Å². The second-order valence-corrected chi connectivity index (χ2v) is 13.7. The summed E-state index contributed by atoms with van der Waals surface area (Å²) in [6, 6.07) is 15.2. The summed E-state index contributed by atoms with van der Waals surface area (Å²) >= 11 is 0. The topological polar surface area (TPSA) is 140 Å². The Labute approximate surface area is 281 Å². The molecular formula is C35H46N6O7. The summed E-state index contributed by atoms with van der Waals surface area (Å²) in [7, 11) is 0. The number of aromatic hydroxyl groups is 1. The number of ether oxygens (including phenoxy) is 3. The van der Waals surface area contributed by atoms with Gasteiger partial charge in [0.2, 0.25) is 5.91 Å². The van der Waals surface area contributed by atoms with Crippen LogP contribution in [-0.4, -0.2) is 110 Å². The lowest BCUT2D eigenvalue weighted by molar-refractivity contribution is -0.142. The first-order valence-electron chi connectivity index (χ1n) is 16.5. The molecule has 0 unspecified atom stereocenters. The number of phenols is 1. The first kappa shape index (κ1) is 34.7. The Kier molecular flexibility index (Phi) is 10.9. The largest absolute Gasteiger partial charge is 0.508 e. The number of hydrogen-bond acceptors (Lipinski definition) is 9. The molecule has 3 aromatic rings. The number of nitrogens with zero attached hydrogens (tertiary/aromatic N) is 6. The van der Waals surface area contributed by atoms with Gasteiger partial charge >= 0.3 is 6.09 Å². The lowest BCUT2D eigenvalue weighted by atomic mass is 9.91. The van der Waals surface area contributed by atoms with Gasteiger partial charge in [0.1, 0.15) is 29.4 Å². The number of phenolic OH excluding ortho intramolecular Hbond substituents is 1. The van der Waals surface area contributed by atoms with Crippen LogP contribution < -0.4 is 4.74 Å². The predicted octanol–water partition coefficient (Wildman–Crippen LogP) is 4.13. The molecule has 0 aliphatic carbocycles. The van der Waals surface area contributed by atoms with E-state index in [0.29, 0.717) is 56.4 Å². The summed E-state index contributed by atoms with van der Waals surface area (Å²) in [6.45, 7) is 12.0. The van der Waals surface area contributed by atoms with Crippen LogP contribution in [0.5, 0.6) is 11.5 Å². The van der Waals surface area contributed by atoms with Crippen molar-refractivity contribution in [3.63, 3.8) is 0 Å². The van der Waals surface area contributed by atoms with Crippen LogP contribution in [0.25, 0.3) is 5.69 Å². The molecule has 0 spiro atoms. The van der Waals surface area contributed by atoms with Gasteiger partial charge in [0.05, 0.1) is 30.9 Å². The number of benzene rings is 2. The average molecular weight is 663 g/mol. The van der Waals surface area contributed by atoms with Gasteiger partial charge in [-0.2, -0.15) is 0 Å². The number of hydrogen-bond donors (Lipinski definition) is 1. The summed E-state index contributed by atoms with van der Waals surface area (Å²) < 4.78 is 18.9. The number of carbonyl (C=O) groups is 3. The highest BCUT2D eigenvalue weighted by molar-refractivity contribution is 5.94. The van der Waals surface area contributed by atoms with Gasteiger partial charge in [-0.3, -0.25) is 9.59 Å². The van der Waals surface area contributed by atoms with Crippen LogP contribution in [0, 0.1) is 11.8 Å². The summed E-state index contributed by atoms with van der Waals surface area (Å²) in [5.41, 5.74) is 0.523. The van der Waals surface area contributed by atoms with E-state index in [-0.39, 0.29) is 48.9 Å². The van der Waals surface area contributed by atoms with Gasteiger partial charge in [-0.1, -0.05) is 37.3 Å². The minimum atomic E-state index is -0.733. The number of likely N-dealkylation sites (tertiary alicyclic amines) is 1. The third kappa shape index (κ3) is 8.62. The van der Waals surface area contributed by atoms with Crippen molar-refractivity contribution < 1.29 is 33.7 Å². The Balaban J connectivity index is 1.49. The molecule has 0 bridgehead atoms. The van der Waals surface area contributed by atoms with E-state index < -0.39 is 23.7 Å². The van der Waals surface area contributed by atoms with E-state index in [1.807, 2.05) is 44.2 Å². The Morgan fingerprint density at radius 3 is 2.33 bits per heavy atom. The third-order valence-electron chi connectivity index (χ3n) is 8.19. The van der Waals surface area contributed by atoms with Crippen LogP contribution >= 0.6 is 0 Å². The molecular weight excluding hydrogens is 616 g/mol. The molecule has 2 fully saturated rings. The number of piperidine rings is 1. The van der Waals surface area contributed by atoms with Gasteiger partial charge in [-0.25, -0.2) is 9.48 Å². The summed E-state index contributed by atoms with van der Waals surface area (Å²) in [5, 5.41) is 18.5. The zero-order valence-corrected chi connectivity index (χ0v) is 28.4. The molecule has 5 rings (SSSR count). The Hall–Kier alpha value is -4.65. The van der Waals surface area contributed by atoms with Crippen LogP contribution in [0.15, 0.2) is 54.6 Å². The molecule has 1 N–H and O–H groups in total. The molecule has 13 heteroatoms. The minimum Gasteiger partial charge on any atom is -0.508 e. The molecule has 48 heavy (non-hydrogen) atoms. The molecule has 2 aliphatic heterocycles. The van der Waals surface area contributed by atoms with E-state index >= 15 is 0 Å². The molecule has 2 aliphatic rings. The van der Waals surface area contributed by atoms with E-state index in [2.05, 4.69) is 10.3 Å². The number of para-hydroxylation sites is 1. The maximum absolute atomic E-state index is 14.7. The molecule has 2 aromatic carbocycles. The zero-order chi connectivity index (χ0) is 34.4. The summed E-state index contributed by atoms with van der Waals surface area (Å²) in [6.07, 6.45) is -0.151. The maximum Gasteiger partial charge on any atom is 0.410 e. The molecule has 0 saturated carbocycles. The standard InChI is InChI=1S/C35H46N6O7/c1-24(2)20-40(27-19-25(32(43)38-15-17-46-18-16-38)21-39(22-27)34(45)48-35(3,4)5)33(44)31-30(23-47-29-13-11-28(42)12-14-29)41(37-36-31)26-9-7-6-8-10-26/h6-14,24-25,27,42H,15-23H2,1-5H3/t25-,27+/m1/s1. The van der Waals surface area contributed by atoms with Crippen molar-refractivity contribution in [3.05, 3.63) is 66.0 Å². The summed E-state index contributed by atoms with van der Waals surface area (Å²) in [4.78, 5) is 47.0. The van der Waals surface area contributed by atoms with Crippen LogP contribution in [0.3, 0.4) is 0 Å². The number of amides is 3. The molecule has 1 aromatic heterocycles. The monoisotopic (exact) mass is 662 g/mol. The smallest absolute Gasteiger partial charge is 0.410 e. The highest BCUT2D eigenvalue weighted by atomic mass is 16.6. The number of aromatic nitrogens is 3. The highest BCUT2D eigenvalue weighted by Crippen LogP contribution is 2.28. The number of rotatable bonds is 9. The first-order valence-corrected chi connectivity index (χ1v) is 16.5. The van der Waals surface area contributed by atoms with Crippen molar-refractivity contribution in [2.75, 3.05) is 45.9 Å². The second-order valence-electron chi connectivity index (χ2n) is 13.7. The van der Waals surface area contributed by atoms with Crippen LogP contribution in [0.2, 0.25) is 0 Å². The zero-order valence-electron chi connectivity index (χ0n) is 28.4. The molecule has 13 nitrogen and oxygen atoms in total. The van der Waals surface area contributed by atoms with E-state index in [0.717, 1.165) is 0 Å². The van der Waals surface area contributed by atoms with E-state index in [9.17, 15) is 19.5 Å². The fraction of sp³-hybridized carbons (Fsp3) is 0.514. The quantitative estimate of drug-likeness (QED) is 0.358. The van der Waals surface area contributed by atoms with Crippen molar-refractivity contribution in [2.24, 2.45) is 11.8 Å². The first-order chi connectivity index (χ1) is 22.9. The highest BCUT2D eigenvalue weighted by Gasteiger charge is 2.42. The second kappa shape index (κ2) is 15.1. The minimum absolute atomic E-state index is 0.0316. The molecule has 3 amide bonds. The SMILES string of the molecule is CC(C)CN(C(=O)c1nnn(-c2ccccc2)c1COc1ccc(O)cc1)[C@H]1C[C@@H](C(=O)N2CCOCC2)CN(C(=O)OC(C)(C)C)C1. The van der Waals surface area contributed by atoms with E-state index in [1.54, 1.807) is 52.3 Å². The Bertz CT molecular complexity index is 1550. The van der Waals surface area contributed by atoms with Crippen molar-refractivity contribution in [3.8, 4) is 17.2 Å². The normalized spacial score (nSPS) is 18.5. The van der Waals surface area contributed by atoms with Crippen molar-refractivity contribution in [1.29, 1.82) is 0 Å². The van der Waals surface area contributed by atoms with E-state index in [4.69, 9.17) is 14.2 Å². The van der Waals surface area contributed by atoms with Crippen molar-refractivity contribution >= 4 is 17.9 Å². The average Bonchev–Trinajstić information content (AvgIpc) is 3.50. The Morgan fingerprint density at radius 1 is 1.00 bits per heavy atom. The number of morpholine rings is 1. The van der Waals surface area contributed by atoms with Gasteiger partial charge in [-0.15, -0.1) is 5.10 Å². The van der Waals surface area contributed by atoms with Crippen molar-refractivity contribution in [2.45, 2.75) is 59.3 Å². The van der Waals surface area contributed by atoms with Gasteiger partial charge < -0.3 is 34.0 Å².